The lowest BCUT2D eigenvalue weighted by Crippen LogP contribution is -2.13. The molecule has 26 heavy (non-hydrogen) atoms. The average molecular weight is 348 g/mol. The van der Waals surface area contributed by atoms with Crippen molar-refractivity contribution in [1.29, 1.82) is 0 Å². The molecular formula is C20H20N4O2. The second-order valence-corrected chi connectivity index (χ2v) is 6.32. The Morgan fingerprint density at radius 3 is 2.54 bits per heavy atom. The Morgan fingerprint density at radius 1 is 0.923 bits per heavy atom. The molecular weight excluding hydrogens is 328 g/mol. The number of rotatable bonds is 5. The lowest BCUT2D eigenvalue weighted by atomic mass is 10.1. The molecule has 0 aliphatic carbocycles. The van der Waals surface area contributed by atoms with Crippen molar-refractivity contribution in [2.24, 2.45) is 0 Å². The van der Waals surface area contributed by atoms with Crippen LogP contribution in [0.2, 0.25) is 0 Å². The molecule has 0 spiro atoms. The van der Waals surface area contributed by atoms with Gasteiger partial charge >= 0.3 is 0 Å². The summed E-state index contributed by atoms with van der Waals surface area (Å²) in [6, 6.07) is 18.0. The van der Waals surface area contributed by atoms with Gasteiger partial charge in [-0.25, -0.2) is 4.98 Å². The minimum atomic E-state index is 0.236. The van der Waals surface area contributed by atoms with E-state index in [0.29, 0.717) is 11.8 Å². The van der Waals surface area contributed by atoms with Crippen molar-refractivity contribution < 1.29 is 9.47 Å². The maximum atomic E-state index is 5.44. The number of hydrogen-bond acceptors (Lipinski definition) is 6. The second-order valence-electron chi connectivity index (χ2n) is 6.32. The van der Waals surface area contributed by atoms with Gasteiger partial charge in [0.1, 0.15) is 5.82 Å². The molecule has 0 saturated carbocycles. The number of ether oxygens (including phenoxy) is 2. The fourth-order valence-electron chi connectivity index (χ4n) is 2.71. The van der Waals surface area contributed by atoms with Crippen molar-refractivity contribution in [2.45, 2.75) is 19.9 Å². The number of fused-ring (bicyclic) bond motifs is 1. The second kappa shape index (κ2) is 6.92. The third-order valence-corrected chi connectivity index (χ3v) is 3.86. The van der Waals surface area contributed by atoms with Gasteiger partial charge in [-0.05, 0) is 26.0 Å². The number of aromatic nitrogens is 2. The molecule has 2 N–H and O–H groups in total. The molecule has 1 aliphatic heterocycles. The first-order chi connectivity index (χ1) is 12.7. The number of anilines is 3. The molecule has 3 aromatic rings. The lowest BCUT2D eigenvalue weighted by Gasteiger charge is -2.13. The number of nitrogens with zero attached hydrogens (tertiary/aromatic N) is 2. The van der Waals surface area contributed by atoms with Crippen LogP contribution in [0.25, 0.3) is 11.3 Å². The molecule has 6 nitrogen and oxygen atoms in total. The first kappa shape index (κ1) is 16.2. The van der Waals surface area contributed by atoms with Crippen molar-refractivity contribution in [3.63, 3.8) is 0 Å². The molecule has 6 heteroatoms. The van der Waals surface area contributed by atoms with Crippen molar-refractivity contribution >= 4 is 17.5 Å². The number of benzene rings is 2. The van der Waals surface area contributed by atoms with Gasteiger partial charge in [0.15, 0.2) is 11.5 Å². The van der Waals surface area contributed by atoms with E-state index in [4.69, 9.17) is 9.47 Å². The minimum Gasteiger partial charge on any atom is -0.454 e. The van der Waals surface area contributed by atoms with Gasteiger partial charge in [0.2, 0.25) is 12.7 Å². The molecule has 0 amide bonds. The number of nitrogens with one attached hydrogen (secondary N) is 2. The van der Waals surface area contributed by atoms with Crippen molar-refractivity contribution in [3.05, 3.63) is 54.6 Å². The molecule has 0 bridgehead atoms. The SMILES string of the molecule is CC(C)Nc1nc(Nc2ccc3c(c2)OCO3)cc(-c2ccccc2)n1. The van der Waals surface area contributed by atoms with Gasteiger partial charge in [-0.1, -0.05) is 30.3 Å². The molecule has 0 unspecified atom stereocenters. The summed E-state index contributed by atoms with van der Waals surface area (Å²) >= 11 is 0. The first-order valence-electron chi connectivity index (χ1n) is 8.55. The molecule has 2 aromatic carbocycles. The fraction of sp³-hybridized carbons (Fsp3) is 0.200. The Labute approximate surface area is 152 Å². The van der Waals surface area contributed by atoms with Gasteiger partial charge in [-0.2, -0.15) is 4.98 Å². The number of hydrogen-bond donors (Lipinski definition) is 2. The molecule has 0 atom stereocenters. The summed E-state index contributed by atoms with van der Waals surface area (Å²) in [5.41, 5.74) is 2.77. The van der Waals surface area contributed by atoms with Crippen LogP contribution in [-0.4, -0.2) is 22.8 Å². The standard InChI is InChI=1S/C20H20N4O2/c1-13(2)21-20-23-16(14-6-4-3-5-7-14)11-19(24-20)22-15-8-9-17-18(10-15)26-12-25-17/h3-11,13H,12H2,1-2H3,(H2,21,22,23,24). The highest BCUT2D eigenvalue weighted by atomic mass is 16.7. The highest BCUT2D eigenvalue weighted by Gasteiger charge is 2.14. The van der Waals surface area contributed by atoms with Crippen molar-refractivity contribution in [1.82, 2.24) is 9.97 Å². The largest absolute Gasteiger partial charge is 0.454 e. The average Bonchev–Trinajstić information content (AvgIpc) is 3.09. The van der Waals surface area contributed by atoms with Gasteiger partial charge in [-0.15, -0.1) is 0 Å². The third kappa shape index (κ3) is 3.54. The molecule has 2 heterocycles. The predicted molar refractivity (Wildman–Crippen MR) is 102 cm³/mol. The van der Waals surface area contributed by atoms with E-state index in [1.165, 1.54) is 0 Å². The van der Waals surface area contributed by atoms with E-state index in [1.54, 1.807) is 0 Å². The Kier molecular flexibility index (Phi) is 4.31. The molecule has 0 fully saturated rings. The van der Waals surface area contributed by atoms with Crippen LogP contribution in [0.5, 0.6) is 11.5 Å². The Morgan fingerprint density at radius 2 is 1.73 bits per heavy atom. The van der Waals surface area contributed by atoms with Crippen LogP contribution >= 0.6 is 0 Å². The van der Waals surface area contributed by atoms with Crippen LogP contribution in [0.3, 0.4) is 0 Å². The molecule has 0 radical (unpaired) electrons. The summed E-state index contributed by atoms with van der Waals surface area (Å²) in [4.78, 5) is 9.22. The van der Waals surface area contributed by atoms with Crippen molar-refractivity contribution in [2.75, 3.05) is 17.4 Å². The van der Waals surface area contributed by atoms with E-state index in [0.717, 1.165) is 28.4 Å². The van der Waals surface area contributed by atoms with Gasteiger partial charge in [-0.3, -0.25) is 0 Å². The van der Waals surface area contributed by atoms with Crippen LogP contribution < -0.4 is 20.1 Å². The van der Waals surface area contributed by atoms with E-state index in [9.17, 15) is 0 Å². The monoisotopic (exact) mass is 348 g/mol. The maximum Gasteiger partial charge on any atom is 0.231 e. The van der Waals surface area contributed by atoms with Gasteiger partial charge in [0.25, 0.3) is 0 Å². The molecule has 4 rings (SSSR count). The van der Waals surface area contributed by atoms with Crippen LogP contribution in [0.4, 0.5) is 17.5 Å². The molecule has 1 aliphatic rings. The van der Waals surface area contributed by atoms with Crippen LogP contribution in [-0.2, 0) is 0 Å². The van der Waals surface area contributed by atoms with E-state index >= 15 is 0 Å². The predicted octanol–water partition coefficient (Wildman–Crippen LogP) is 4.44. The zero-order valence-corrected chi connectivity index (χ0v) is 14.7. The van der Waals surface area contributed by atoms with E-state index in [2.05, 4.69) is 34.4 Å². The van der Waals surface area contributed by atoms with Crippen LogP contribution in [0, 0.1) is 0 Å². The zero-order valence-electron chi connectivity index (χ0n) is 14.7. The maximum absolute atomic E-state index is 5.44. The van der Waals surface area contributed by atoms with Gasteiger partial charge in [0, 0.05) is 29.4 Å². The van der Waals surface area contributed by atoms with E-state index in [1.807, 2.05) is 54.6 Å². The summed E-state index contributed by atoms with van der Waals surface area (Å²) < 4.78 is 10.8. The van der Waals surface area contributed by atoms with Crippen molar-refractivity contribution in [3.8, 4) is 22.8 Å². The van der Waals surface area contributed by atoms with Crippen LogP contribution in [0.1, 0.15) is 13.8 Å². The Bertz CT molecular complexity index is 913. The normalized spacial score (nSPS) is 12.3. The summed E-state index contributed by atoms with van der Waals surface area (Å²) in [5, 5.41) is 6.61. The molecule has 132 valence electrons. The summed E-state index contributed by atoms with van der Waals surface area (Å²) in [6.07, 6.45) is 0. The minimum absolute atomic E-state index is 0.236. The zero-order chi connectivity index (χ0) is 17.9. The molecule has 1 aromatic heterocycles. The highest BCUT2D eigenvalue weighted by Crippen LogP contribution is 2.35. The smallest absolute Gasteiger partial charge is 0.231 e. The van der Waals surface area contributed by atoms with Crippen LogP contribution in [0.15, 0.2) is 54.6 Å². The summed E-state index contributed by atoms with van der Waals surface area (Å²) in [6.45, 7) is 4.37. The Hall–Kier alpha value is -3.28. The Balaban J connectivity index is 1.68. The quantitative estimate of drug-likeness (QED) is 0.711. The van der Waals surface area contributed by atoms with E-state index in [-0.39, 0.29) is 12.8 Å². The summed E-state index contributed by atoms with van der Waals surface area (Å²) in [7, 11) is 0. The lowest BCUT2D eigenvalue weighted by molar-refractivity contribution is 0.174. The summed E-state index contributed by atoms with van der Waals surface area (Å²) in [5.74, 6) is 2.78. The molecule has 0 saturated heterocycles. The van der Waals surface area contributed by atoms with E-state index < -0.39 is 0 Å². The first-order valence-corrected chi connectivity index (χ1v) is 8.55. The van der Waals surface area contributed by atoms with Gasteiger partial charge < -0.3 is 20.1 Å². The topological polar surface area (TPSA) is 68.3 Å². The van der Waals surface area contributed by atoms with Gasteiger partial charge in [0.05, 0.1) is 5.69 Å². The highest BCUT2D eigenvalue weighted by molar-refractivity contribution is 5.68. The fourth-order valence-corrected chi connectivity index (χ4v) is 2.71. The third-order valence-electron chi connectivity index (χ3n) is 3.86.